The number of alkyl halides is 2. The summed E-state index contributed by atoms with van der Waals surface area (Å²) in [5, 5.41) is 2.71. The Morgan fingerprint density at radius 2 is 1.64 bits per heavy atom. The summed E-state index contributed by atoms with van der Waals surface area (Å²) in [6.07, 6.45) is 6.99. The van der Waals surface area contributed by atoms with Crippen molar-refractivity contribution < 1.29 is 32.6 Å². The van der Waals surface area contributed by atoms with E-state index in [4.69, 9.17) is 19.5 Å². The number of fused-ring (bicyclic) bond motifs is 6. The Morgan fingerprint density at radius 1 is 0.922 bits per heavy atom. The molecule has 11 nitrogen and oxygen atoms in total. The number of methoxy groups -OCH3 is 1. The van der Waals surface area contributed by atoms with Gasteiger partial charge in [-0.1, -0.05) is 74.5 Å². The molecule has 13 heteroatoms. The van der Waals surface area contributed by atoms with E-state index in [1.807, 2.05) is 78.2 Å². The number of amides is 3. The molecule has 2 saturated carbocycles. The van der Waals surface area contributed by atoms with Gasteiger partial charge in [-0.15, -0.1) is 0 Å². The van der Waals surface area contributed by atoms with Crippen molar-refractivity contribution in [2.45, 2.75) is 95.5 Å². The van der Waals surface area contributed by atoms with Crippen LogP contribution in [0.25, 0.3) is 33.5 Å². The maximum atomic E-state index is 16.7. The highest BCUT2D eigenvalue weighted by Crippen LogP contribution is 2.59. The normalized spacial score (nSPS) is 23.2. The first-order chi connectivity index (χ1) is 30.9. The number of rotatable bonds is 9. The lowest BCUT2D eigenvalue weighted by atomic mass is 9.91. The number of halogens is 2. The first-order valence-electron chi connectivity index (χ1n) is 22.5. The molecule has 64 heavy (non-hydrogen) atoms. The molecular formula is C51H50F2N6O5. The Bertz CT molecular complexity index is 2750. The highest BCUT2D eigenvalue weighted by molar-refractivity contribution is 6.00. The summed E-state index contributed by atoms with van der Waals surface area (Å²) in [5.41, 5.74) is 7.34. The van der Waals surface area contributed by atoms with Crippen LogP contribution < -0.4 is 5.32 Å². The molecule has 4 fully saturated rings. The van der Waals surface area contributed by atoms with E-state index in [9.17, 15) is 14.4 Å². The van der Waals surface area contributed by atoms with Gasteiger partial charge in [-0.3, -0.25) is 14.7 Å². The predicted molar refractivity (Wildman–Crippen MR) is 237 cm³/mol. The molecule has 2 saturated heterocycles. The average Bonchev–Trinajstić information content (AvgIpc) is 3.96. The molecule has 4 aromatic carbocycles. The third kappa shape index (κ3) is 6.77. The number of nitrogens with zero attached hydrogens (tertiary/aromatic N) is 4. The lowest BCUT2D eigenvalue weighted by Crippen LogP contribution is -2.51. The van der Waals surface area contributed by atoms with Crippen LogP contribution in [0.15, 0.2) is 96.1 Å². The van der Waals surface area contributed by atoms with Gasteiger partial charge >= 0.3 is 12.2 Å². The van der Waals surface area contributed by atoms with E-state index in [0.29, 0.717) is 52.7 Å². The summed E-state index contributed by atoms with van der Waals surface area (Å²) in [6.45, 7) is 4.55. The Balaban J connectivity index is 0.808. The van der Waals surface area contributed by atoms with Crippen LogP contribution in [0, 0.1) is 17.3 Å². The number of imidazole rings is 1. The number of benzene rings is 4. The van der Waals surface area contributed by atoms with Crippen LogP contribution in [-0.2, 0) is 33.2 Å². The van der Waals surface area contributed by atoms with E-state index >= 15 is 8.78 Å². The molecule has 4 heterocycles. The highest BCUT2D eigenvalue weighted by atomic mass is 19.3. The Kier molecular flexibility index (Phi) is 9.55. The van der Waals surface area contributed by atoms with Crippen LogP contribution in [0.2, 0.25) is 0 Å². The second kappa shape index (κ2) is 15.1. The molecule has 3 aliphatic heterocycles. The molecule has 5 aromatic rings. The summed E-state index contributed by atoms with van der Waals surface area (Å²) < 4.78 is 44.0. The van der Waals surface area contributed by atoms with Crippen LogP contribution in [0.3, 0.4) is 0 Å². The first kappa shape index (κ1) is 40.4. The molecule has 1 unspecified atom stereocenters. The van der Waals surface area contributed by atoms with Crippen molar-refractivity contribution in [3.05, 3.63) is 119 Å². The smallest absolute Gasteiger partial charge is 0.410 e. The van der Waals surface area contributed by atoms with E-state index in [2.05, 4.69) is 16.4 Å². The first-order valence-corrected chi connectivity index (χ1v) is 22.5. The van der Waals surface area contributed by atoms with E-state index in [0.717, 1.165) is 66.6 Å². The van der Waals surface area contributed by atoms with Crippen LogP contribution in [-0.4, -0.2) is 75.4 Å². The fourth-order valence-electron chi connectivity index (χ4n) is 11.2. The number of carbonyl (C=O) groups is 3. The van der Waals surface area contributed by atoms with Gasteiger partial charge in [-0.25, -0.2) is 14.6 Å². The summed E-state index contributed by atoms with van der Waals surface area (Å²) in [7, 11) is 1.27. The van der Waals surface area contributed by atoms with Crippen molar-refractivity contribution in [3.63, 3.8) is 0 Å². The third-order valence-electron chi connectivity index (χ3n) is 14.8. The van der Waals surface area contributed by atoms with Crippen molar-refractivity contribution in [1.29, 1.82) is 0 Å². The molecule has 328 valence electrons. The maximum absolute atomic E-state index is 16.7. The van der Waals surface area contributed by atoms with Gasteiger partial charge in [0.25, 0.3) is 5.92 Å². The van der Waals surface area contributed by atoms with Gasteiger partial charge in [0.2, 0.25) is 5.91 Å². The highest BCUT2D eigenvalue weighted by Gasteiger charge is 2.55. The summed E-state index contributed by atoms with van der Waals surface area (Å²) in [6, 6.07) is 25.0. The van der Waals surface area contributed by atoms with E-state index in [1.165, 1.54) is 7.11 Å². The van der Waals surface area contributed by atoms with Crippen molar-refractivity contribution >= 4 is 29.5 Å². The largest absolute Gasteiger partial charge is 0.453 e. The lowest BCUT2D eigenvalue weighted by Gasteiger charge is -2.34. The molecule has 1 spiro atoms. The predicted octanol–water partition coefficient (Wildman–Crippen LogP) is 10.1. The summed E-state index contributed by atoms with van der Waals surface area (Å²) in [4.78, 5) is 56.5. The number of nitrogens with one attached hydrogen (secondary N) is 2. The number of aliphatic imine (C=N–C) groups is 1. The van der Waals surface area contributed by atoms with Gasteiger partial charge in [-0.2, -0.15) is 8.78 Å². The zero-order chi connectivity index (χ0) is 44.1. The zero-order valence-electron chi connectivity index (χ0n) is 36.1. The van der Waals surface area contributed by atoms with Crippen LogP contribution in [0.4, 0.5) is 24.1 Å². The second-order valence-corrected chi connectivity index (χ2v) is 19.1. The number of ether oxygens (including phenoxy) is 2. The lowest BCUT2D eigenvalue weighted by molar-refractivity contribution is -0.135. The molecule has 6 aliphatic rings. The minimum atomic E-state index is -3.25. The van der Waals surface area contributed by atoms with E-state index in [-0.39, 0.29) is 59.2 Å². The van der Waals surface area contributed by atoms with Gasteiger partial charge in [0.15, 0.2) is 0 Å². The molecule has 1 aromatic heterocycles. The summed E-state index contributed by atoms with van der Waals surface area (Å²) >= 11 is 0. The Morgan fingerprint density at radius 3 is 2.38 bits per heavy atom. The number of hydrogen-bond acceptors (Lipinski definition) is 7. The molecule has 3 aliphatic carbocycles. The number of piperidine rings is 1. The van der Waals surface area contributed by atoms with Gasteiger partial charge in [0, 0.05) is 41.4 Å². The van der Waals surface area contributed by atoms with Crippen LogP contribution in [0.1, 0.15) is 86.5 Å². The fourth-order valence-corrected chi connectivity index (χ4v) is 11.2. The SMILES string of the molecule is COC(=O)N[C@H](C(=O)N1CC2(CC2)C[C@H]1c1ncc(-c2ccc3c(c2)C(F)(F)c2cc(-c4ccc5c(c4)CC(C4[C@H]6CC[C@H](C6)N4C(=O)OCc4ccccc4)=N5)ccc2-3)[nH]1)C(C)C. The fraction of sp³-hybridized carbons (Fsp3) is 0.392. The molecule has 2 bridgehead atoms. The van der Waals surface area contributed by atoms with Crippen molar-refractivity contribution in [3.8, 4) is 33.5 Å². The standard InChI is InChI=1S/C51H50F2N6O5/c1-28(2)44(57-48(61)63-3)47(60)58-27-50(17-18-50)24-43(58)46-54-25-42(56-46)32-11-15-37-36-14-10-31(21-38(36)51(52,53)39(37)22-32)30-12-16-40-34(19-30)23-41(55-40)45-33-9-13-35(20-33)59(45)49(62)64-26-29-7-5-4-6-8-29/h4-8,10-12,14-16,19,21-22,25,28,33,35,43-45H,9,13,17-18,20,23-24,26-27H2,1-3H3,(H,54,56)(H,57,61)/t33-,35+,43-,44-,45?/m0/s1. The number of alkyl carbamates (subject to hydrolysis) is 1. The van der Waals surface area contributed by atoms with E-state index < -0.39 is 18.1 Å². The van der Waals surface area contributed by atoms with Gasteiger partial charge in [0.05, 0.1) is 36.8 Å². The topological polar surface area (TPSA) is 129 Å². The number of carbonyl (C=O) groups excluding carboxylic acids is 3. The minimum Gasteiger partial charge on any atom is -0.453 e. The van der Waals surface area contributed by atoms with Crippen LogP contribution in [0.5, 0.6) is 0 Å². The maximum Gasteiger partial charge on any atom is 0.410 e. The van der Waals surface area contributed by atoms with Gasteiger partial charge in [-0.05, 0) is 113 Å². The monoisotopic (exact) mass is 864 g/mol. The summed E-state index contributed by atoms with van der Waals surface area (Å²) in [5.74, 6) is -2.69. The second-order valence-electron chi connectivity index (χ2n) is 19.1. The number of aromatic nitrogens is 2. The quantitative estimate of drug-likeness (QED) is 0.152. The minimum absolute atomic E-state index is 0.0221. The van der Waals surface area contributed by atoms with Gasteiger partial charge in [0.1, 0.15) is 18.5 Å². The molecule has 5 atom stereocenters. The Hall–Kier alpha value is -6.37. The Labute approximate surface area is 370 Å². The molecular weight excluding hydrogens is 815 g/mol. The average molecular weight is 865 g/mol. The zero-order valence-corrected chi connectivity index (χ0v) is 36.1. The van der Waals surface area contributed by atoms with Crippen LogP contribution >= 0.6 is 0 Å². The van der Waals surface area contributed by atoms with Crippen molar-refractivity contribution in [2.75, 3.05) is 13.7 Å². The molecule has 0 radical (unpaired) electrons. The van der Waals surface area contributed by atoms with Crippen molar-refractivity contribution in [2.24, 2.45) is 22.2 Å². The number of hydrogen-bond donors (Lipinski definition) is 2. The van der Waals surface area contributed by atoms with E-state index in [1.54, 1.807) is 30.5 Å². The molecule has 2 N–H and O–H groups in total. The van der Waals surface area contributed by atoms with Gasteiger partial charge < -0.3 is 24.7 Å². The van der Waals surface area contributed by atoms with Crippen molar-refractivity contribution in [1.82, 2.24) is 25.1 Å². The molecule has 11 rings (SSSR count). The molecule has 3 amide bonds. The number of likely N-dealkylation sites (tertiary alicyclic amines) is 2. The number of H-pyrrole nitrogens is 1. The third-order valence-corrected chi connectivity index (χ3v) is 14.8. The number of aromatic amines is 1.